The summed E-state index contributed by atoms with van der Waals surface area (Å²) in [5.74, 6) is 0.617. The Labute approximate surface area is 73.7 Å². The summed E-state index contributed by atoms with van der Waals surface area (Å²) >= 11 is 1.49. The minimum atomic E-state index is 0.617. The van der Waals surface area contributed by atoms with E-state index in [1.54, 1.807) is 0 Å². The summed E-state index contributed by atoms with van der Waals surface area (Å²) in [7, 11) is 0. The Kier molecular flexibility index (Phi) is 4.72. The molecule has 0 fully saturated rings. The Hall–Kier alpha value is -0.0317. The molecule has 0 bridgehead atoms. The van der Waals surface area contributed by atoms with Crippen LogP contribution in [0.25, 0.3) is 0 Å². The van der Waals surface area contributed by atoms with Gasteiger partial charge in [0, 0.05) is 0 Å². The van der Waals surface area contributed by atoms with Gasteiger partial charge in [-0.1, -0.05) is 0 Å². The van der Waals surface area contributed by atoms with Crippen molar-refractivity contribution in [3.63, 3.8) is 0 Å². The summed E-state index contributed by atoms with van der Waals surface area (Å²) in [5, 5.41) is 0. The zero-order valence-electron chi connectivity index (χ0n) is 6.59. The van der Waals surface area contributed by atoms with Crippen LogP contribution in [0, 0.1) is 5.92 Å². The normalized spacial score (nSPS) is 11.8. The van der Waals surface area contributed by atoms with Crippen molar-refractivity contribution in [1.29, 1.82) is 0 Å². The van der Waals surface area contributed by atoms with Crippen molar-refractivity contribution < 1.29 is 19.4 Å². The fourth-order valence-corrected chi connectivity index (χ4v) is 1.02. The van der Waals surface area contributed by atoms with Crippen LogP contribution >= 0.6 is 0 Å². The predicted octanol–water partition coefficient (Wildman–Crippen LogP) is 1.84. The van der Waals surface area contributed by atoms with E-state index < -0.39 is 0 Å². The van der Waals surface area contributed by atoms with Crippen molar-refractivity contribution in [2.24, 2.45) is 10.9 Å². The van der Waals surface area contributed by atoms with Crippen molar-refractivity contribution in [3.05, 3.63) is 11.8 Å². The Balaban J connectivity index is 4.13. The third kappa shape index (κ3) is 3.89. The summed E-state index contributed by atoms with van der Waals surface area (Å²) < 4.78 is 1.40. The van der Waals surface area contributed by atoms with Crippen LogP contribution in [0.1, 0.15) is 20.8 Å². The van der Waals surface area contributed by atoms with Crippen LogP contribution in [0.5, 0.6) is 0 Å². The van der Waals surface area contributed by atoms with Crippen LogP contribution in [0.2, 0.25) is 0 Å². The molecule has 0 aliphatic heterocycles. The molecule has 0 aliphatic carbocycles. The monoisotopic (exact) mass is 306 g/mol. The quantitative estimate of drug-likeness (QED) is 0.557. The van der Waals surface area contributed by atoms with Crippen molar-refractivity contribution in [2.45, 2.75) is 20.8 Å². The zero-order chi connectivity index (χ0) is 8.15. The van der Waals surface area contributed by atoms with E-state index in [0.29, 0.717) is 5.92 Å². The first-order valence-corrected chi connectivity index (χ1v) is 4.67. The second-order valence-corrected chi connectivity index (χ2v) is 4.17. The van der Waals surface area contributed by atoms with E-state index in [2.05, 4.69) is 18.8 Å². The van der Waals surface area contributed by atoms with Gasteiger partial charge in [0.05, 0.1) is 0 Å². The number of allylic oxidation sites excluding steroid dienone is 2. The van der Waals surface area contributed by atoms with Gasteiger partial charge in [-0.3, -0.25) is 0 Å². The van der Waals surface area contributed by atoms with Crippen molar-refractivity contribution >= 4 is 10.6 Å². The third-order valence-corrected chi connectivity index (χ3v) is 3.24. The average molecular weight is 306 g/mol. The van der Waals surface area contributed by atoms with Crippen molar-refractivity contribution in [1.82, 2.24) is 0 Å². The topological polar surface area (TPSA) is 12.4 Å². The molecule has 0 saturated carbocycles. The van der Waals surface area contributed by atoms with Crippen LogP contribution in [0.4, 0.5) is 0 Å². The molecule has 0 aromatic rings. The SMILES string of the molecule is [CH-]=N/C(C)=C\[C](=[W])C(C)C. The van der Waals surface area contributed by atoms with Gasteiger partial charge in [-0.05, 0) is 0 Å². The first-order chi connectivity index (χ1) is 4.57. The second kappa shape index (κ2) is 4.73. The van der Waals surface area contributed by atoms with Gasteiger partial charge in [-0.2, -0.15) is 0 Å². The molecule has 0 spiro atoms. The molecule has 0 aromatic heterocycles. The van der Waals surface area contributed by atoms with Gasteiger partial charge in [0.2, 0.25) is 0 Å². The van der Waals surface area contributed by atoms with Crippen LogP contribution < -0.4 is 0 Å². The van der Waals surface area contributed by atoms with E-state index in [1.165, 1.54) is 23.3 Å². The molecule has 0 N–H and O–H groups in total. The molecule has 0 heterocycles. The van der Waals surface area contributed by atoms with Gasteiger partial charge in [0.25, 0.3) is 0 Å². The van der Waals surface area contributed by atoms with Crippen molar-refractivity contribution in [2.75, 3.05) is 0 Å². The molecular weight excluding hydrogens is 294 g/mol. The summed E-state index contributed by atoms with van der Waals surface area (Å²) in [4.78, 5) is 3.56. The van der Waals surface area contributed by atoms with Crippen LogP contribution in [-0.2, 0) is 19.4 Å². The summed E-state index contributed by atoms with van der Waals surface area (Å²) in [6.45, 7) is 11.3. The molecule has 2 heteroatoms. The van der Waals surface area contributed by atoms with Gasteiger partial charge in [-0.25, -0.2) is 0 Å². The van der Waals surface area contributed by atoms with Crippen LogP contribution in [0.3, 0.4) is 0 Å². The molecule has 0 saturated heterocycles. The summed E-state index contributed by atoms with van der Waals surface area (Å²) in [6, 6.07) is 0. The van der Waals surface area contributed by atoms with Gasteiger partial charge < -0.3 is 0 Å². The molecule has 1 nitrogen and oxygen atoms in total. The number of hydrogen-bond donors (Lipinski definition) is 0. The molecule has 0 unspecified atom stereocenters. The average Bonchev–Trinajstić information content (AvgIpc) is 1.87. The fourth-order valence-electron chi connectivity index (χ4n) is 0.410. The van der Waals surface area contributed by atoms with Crippen molar-refractivity contribution in [3.8, 4) is 0 Å². The zero-order valence-corrected chi connectivity index (χ0v) is 9.52. The van der Waals surface area contributed by atoms with E-state index >= 15 is 0 Å². The molecule has 0 atom stereocenters. The predicted molar refractivity (Wildman–Crippen MR) is 42.1 cm³/mol. The fraction of sp³-hybridized carbons (Fsp3) is 0.500. The Bertz CT molecular complexity index is 168. The van der Waals surface area contributed by atoms with E-state index in [0.717, 1.165) is 5.70 Å². The molecular formula is C8H12NW-. The van der Waals surface area contributed by atoms with Crippen LogP contribution in [-0.4, -0.2) is 10.6 Å². The maximum atomic E-state index is 5.07. The summed E-state index contributed by atoms with van der Waals surface area (Å²) in [5.41, 5.74) is 0.902. The molecule has 0 aromatic carbocycles. The molecule has 0 rings (SSSR count). The van der Waals surface area contributed by atoms with E-state index in [-0.39, 0.29) is 0 Å². The molecule has 56 valence electrons. The van der Waals surface area contributed by atoms with E-state index in [4.69, 9.17) is 6.72 Å². The molecule has 0 aliphatic rings. The molecule has 0 radical (unpaired) electrons. The Morgan fingerprint density at radius 3 is 2.40 bits per heavy atom. The van der Waals surface area contributed by atoms with E-state index in [1.807, 2.05) is 13.0 Å². The van der Waals surface area contributed by atoms with Gasteiger partial charge in [-0.15, -0.1) is 0 Å². The summed E-state index contributed by atoms with van der Waals surface area (Å²) in [6.07, 6.45) is 2.04. The van der Waals surface area contributed by atoms with Crippen LogP contribution in [0.15, 0.2) is 16.8 Å². The Morgan fingerprint density at radius 1 is 1.60 bits per heavy atom. The van der Waals surface area contributed by atoms with E-state index in [9.17, 15) is 0 Å². The second-order valence-electron chi connectivity index (χ2n) is 2.47. The standard InChI is InChI=1S/C8H12N.W/c1-7(2)5-6-8(3)9-4;/h4,6-7H,1-3H3;/q-1;/b8-6-;. The first-order valence-electron chi connectivity index (χ1n) is 3.21. The number of hydrogen-bond acceptors (Lipinski definition) is 1. The number of aliphatic imine (C=N–C) groups is 1. The van der Waals surface area contributed by atoms with Gasteiger partial charge in [0.15, 0.2) is 0 Å². The number of nitrogens with zero attached hydrogens (tertiary/aromatic N) is 1. The minimum absolute atomic E-state index is 0.617. The van der Waals surface area contributed by atoms with Gasteiger partial charge in [0.1, 0.15) is 0 Å². The first kappa shape index (κ1) is 9.97. The Morgan fingerprint density at radius 2 is 2.10 bits per heavy atom. The third-order valence-electron chi connectivity index (χ3n) is 1.12. The van der Waals surface area contributed by atoms with Gasteiger partial charge >= 0.3 is 73.4 Å². The molecule has 0 amide bonds. The maximum absolute atomic E-state index is 5.07. The number of rotatable bonds is 3. The molecule has 10 heavy (non-hydrogen) atoms.